The van der Waals surface area contributed by atoms with Gasteiger partial charge in [0, 0.05) is 31.3 Å². The Kier molecular flexibility index (Phi) is 3.95. The van der Waals surface area contributed by atoms with Crippen molar-refractivity contribution in [1.82, 2.24) is 24.7 Å². The van der Waals surface area contributed by atoms with E-state index in [0.29, 0.717) is 29.0 Å². The Morgan fingerprint density at radius 2 is 2.13 bits per heavy atom. The highest BCUT2D eigenvalue weighted by Crippen LogP contribution is 2.29. The summed E-state index contributed by atoms with van der Waals surface area (Å²) in [4.78, 5) is 13.7. The molecule has 23 heavy (non-hydrogen) atoms. The van der Waals surface area contributed by atoms with Crippen LogP contribution in [0.5, 0.6) is 0 Å². The van der Waals surface area contributed by atoms with Crippen LogP contribution in [0, 0.1) is 5.92 Å². The third kappa shape index (κ3) is 2.99. The molecule has 0 N–H and O–H groups in total. The molecule has 1 aliphatic rings. The maximum absolute atomic E-state index is 12.9. The molecule has 2 aromatic heterocycles. The second kappa shape index (κ2) is 5.78. The van der Waals surface area contributed by atoms with Crippen molar-refractivity contribution in [2.75, 3.05) is 6.54 Å². The minimum atomic E-state index is -4.62. The first kappa shape index (κ1) is 15.7. The fourth-order valence-corrected chi connectivity index (χ4v) is 2.97. The van der Waals surface area contributed by atoms with Crippen LogP contribution in [-0.4, -0.2) is 37.2 Å². The van der Waals surface area contributed by atoms with Gasteiger partial charge in [-0.3, -0.25) is 4.79 Å². The maximum Gasteiger partial charge on any atom is 0.453 e. The van der Waals surface area contributed by atoms with E-state index in [0.717, 1.165) is 12.8 Å². The molecule has 1 saturated heterocycles. The largest absolute Gasteiger partial charge is 0.453 e. The maximum atomic E-state index is 12.9. The molecular formula is C14H16F3N5O. The Hall–Kier alpha value is -2.19. The lowest BCUT2D eigenvalue weighted by atomic mass is 10.0. The number of likely N-dealkylation sites (tertiary alicyclic amines) is 1. The van der Waals surface area contributed by atoms with Crippen molar-refractivity contribution in [3.05, 3.63) is 23.7 Å². The summed E-state index contributed by atoms with van der Waals surface area (Å²) in [7, 11) is 0. The number of fused-ring (bicyclic) bond motifs is 1. The fourth-order valence-electron chi connectivity index (χ4n) is 2.97. The zero-order valence-corrected chi connectivity index (χ0v) is 12.5. The number of hydrogen-bond donors (Lipinski definition) is 0. The summed E-state index contributed by atoms with van der Waals surface area (Å²) in [5, 5.41) is 10.5. The Morgan fingerprint density at radius 1 is 1.35 bits per heavy atom. The van der Waals surface area contributed by atoms with E-state index in [2.05, 4.69) is 22.2 Å². The van der Waals surface area contributed by atoms with Crippen LogP contribution in [0.1, 0.15) is 37.6 Å². The highest BCUT2D eigenvalue weighted by atomic mass is 19.4. The van der Waals surface area contributed by atoms with Crippen molar-refractivity contribution in [2.24, 2.45) is 5.92 Å². The predicted octanol–water partition coefficient (Wildman–Crippen LogP) is 2.29. The third-order valence-corrected chi connectivity index (χ3v) is 3.99. The summed E-state index contributed by atoms with van der Waals surface area (Å²) in [5.74, 6) is -0.825. The lowest BCUT2D eigenvalue weighted by Gasteiger charge is -2.16. The highest BCUT2D eigenvalue weighted by Gasteiger charge is 2.38. The smallest absolute Gasteiger partial charge is 0.338 e. The van der Waals surface area contributed by atoms with E-state index >= 15 is 0 Å². The quantitative estimate of drug-likeness (QED) is 0.864. The molecule has 1 atom stereocenters. The van der Waals surface area contributed by atoms with Gasteiger partial charge >= 0.3 is 6.18 Å². The van der Waals surface area contributed by atoms with Crippen molar-refractivity contribution in [3.63, 3.8) is 0 Å². The molecule has 6 nitrogen and oxygen atoms in total. The van der Waals surface area contributed by atoms with E-state index in [4.69, 9.17) is 0 Å². The number of alkyl halides is 3. The molecule has 1 amide bonds. The van der Waals surface area contributed by atoms with Crippen LogP contribution in [0.4, 0.5) is 13.2 Å². The van der Waals surface area contributed by atoms with Gasteiger partial charge in [-0.15, -0.1) is 10.2 Å². The summed E-state index contributed by atoms with van der Waals surface area (Å²) in [6.07, 6.45) is -0.886. The molecule has 1 fully saturated rings. The van der Waals surface area contributed by atoms with Crippen LogP contribution in [0.25, 0.3) is 5.65 Å². The molecule has 1 unspecified atom stereocenters. The molecule has 3 rings (SSSR count). The minimum Gasteiger partial charge on any atom is -0.338 e. The summed E-state index contributed by atoms with van der Waals surface area (Å²) < 4.78 is 39.3. The van der Waals surface area contributed by atoms with Gasteiger partial charge in [0.25, 0.3) is 5.82 Å². The standard InChI is InChI=1S/C14H16F3N5O/c1-2-3-9-6-11(23)21(7-9)8-10-4-5-18-22-12(10)19-20-13(22)14(15,16)17/h4-5,9H,2-3,6-8H2,1H3. The number of nitrogens with zero attached hydrogens (tertiary/aromatic N) is 5. The summed E-state index contributed by atoms with van der Waals surface area (Å²) in [6, 6.07) is 1.57. The number of amides is 1. The highest BCUT2D eigenvalue weighted by molar-refractivity contribution is 5.78. The average Bonchev–Trinajstić information content (AvgIpc) is 3.04. The van der Waals surface area contributed by atoms with Gasteiger partial charge in [-0.25, -0.2) is 0 Å². The number of carbonyl (C=O) groups is 1. The van der Waals surface area contributed by atoms with Crippen molar-refractivity contribution in [2.45, 2.75) is 38.9 Å². The topological polar surface area (TPSA) is 63.4 Å². The molecule has 0 spiro atoms. The number of hydrogen-bond acceptors (Lipinski definition) is 4. The van der Waals surface area contributed by atoms with Gasteiger partial charge in [0.15, 0.2) is 5.65 Å². The van der Waals surface area contributed by atoms with Crippen molar-refractivity contribution in [1.29, 1.82) is 0 Å². The van der Waals surface area contributed by atoms with Gasteiger partial charge in [-0.1, -0.05) is 13.3 Å². The SMILES string of the molecule is CCCC1CC(=O)N(Cc2ccnn3c(C(F)(F)F)nnc23)C1. The van der Waals surface area contributed by atoms with Crippen molar-refractivity contribution in [3.8, 4) is 0 Å². The predicted molar refractivity (Wildman–Crippen MR) is 74.2 cm³/mol. The summed E-state index contributed by atoms with van der Waals surface area (Å²) in [6.45, 7) is 2.91. The van der Waals surface area contributed by atoms with Gasteiger partial charge in [-0.2, -0.15) is 22.8 Å². The van der Waals surface area contributed by atoms with E-state index in [-0.39, 0.29) is 18.1 Å². The normalized spacial score (nSPS) is 19.0. The lowest BCUT2D eigenvalue weighted by molar-refractivity contribution is -0.146. The molecule has 9 heteroatoms. The summed E-state index contributed by atoms with van der Waals surface area (Å²) in [5.41, 5.74) is 0.542. The Labute approximate surface area is 130 Å². The molecular weight excluding hydrogens is 311 g/mol. The Morgan fingerprint density at radius 3 is 2.83 bits per heavy atom. The number of rotatable bonds is 4. The van der Waals surface area contributed by atoms with Gasteiger partial charge in [0.1, 0.15) is 0 Å². The molecule has 1 aliphatic heterocycles. The Bertz CT molecular complexity index is 727. The number of aromatic nitrogens is 4. The van der Waals surface area contributed by atoms with Gasteiger partial charge in [0.2, 0.25) is 5.91 Å². The molecule has 124 valence electrons. The van der Waals surface area contributed by atoms with Crippen LogP contribution in [0.2, 0.25) is 0 Å². The van der Waals surface area contributed by atoms with E-state index in [1.807, 2.05) is 0 Å². The minimum absolute atomic E-state index is 0.0222. The first-order valence-corrected chi connectivity index (χ1v) is 7.44. The first-order chi connectivity index (χ1) is 10.9. The zero-order chi connectivity index (χ0) is 16.6. The van der Waals surface area contributed by atoms with Crippen LogP contribution >= 0.6 is 0 Å². The fraction of sp³-hybridized carbons (Fsp3) is 0.571. The van der Waals surface area contributed by atoms with Gasteiger partial charge in [0.05, 0.1) is 0 Å². The van der Waals surface area contributed by atoms with Crippen LogP contribution in [0.3, 0.4) is 0 Å². The van der Waals surface area contributed by atoms with E-state index < -0.39 is 12.0 Å². The molecule has 2 aromatic rings. The molecule has 0 saturated carbocycles. The lowest BCUT2D eigenvalue weighted by Crippen LogP contribution is -2.25. The van der Waals surface area contributed by atoms with E-state index in [9.17, 15) is 18.0 Å². The second-order valence-electron chi connectivity index (χ2n) is 5.75. The van der Waals surface area contributed by atoms with Crippen LogP contribution in [0.15, 0.2) is 12.3 Å². The number of carbonyl (C=O) groups excluding carboxylic acids is 1. The summed E-state index contributed by atoms with van der Waals surface area (Å²) >= 11 is 0. The van der Waals surface area contributed by atoms with E-state index in [1.165, 1.54) is 6.20 Å². The number of halogens is 3. The first-order valence-electron chi connectivity index (χ1n) is 7.44. The monoisotopic (exact) mass is 327 g/mol. The molecule has 0 aromatic carbocycles. The van der Waals surface area contributed by atoms with Gasteiger partial charge < -0.3 is 4.90 Å². The van der Waals surface area contributed by atoms with Gasteiger partial charge in [-0.05, 0) is 18.4 Å². The van der Waals surface area contributed by atoms with Crippen molar-refractivity contribution >= 4 is 11.6 Å². The van der Waals surface area contributed by atoms with E-state index in [1.54, 1.807) is 11.0 Å². The third-order valence-electron chi connectivity index (χ3n) is 3.99. The average molecular weight is 327 g/mol. The van der Waals surface area contributed by atoms with Crippen molar-refractivity contribution < 1.29 is 18.0 Å². The van der Waals surface area contributed by atoms with Crippen LogP contribution in [-0.2, 0) is 17.5 Å². The molecule has 3 heterocycles. The second-order valence-corrected chi connectivity index (χ2v) is 5.75. The molecule has 0 bridgehead atoms. The molecule has 0 aliphatic carbocycles. The zero-order valence-electron chi connectivity index (χ0n) is 12.5. The molecule has 0 radical (unpaired) electrons. The Balaban J connectivity index is 1.87. The van der Waals surface area contributed by atoms with Crippen LogP contribution < -0.4 is 0 Å².